The fourth-order valence-electron chi connectivity index (χ4n) is 2.66. The van der Waals surface area contributed by atoms with Crippen LogP contribution in [0.4, 0.5) is 0 Å². The quantitative estimate of drug-likeness (QED) is 0.868. The van der Waals surface area contributed by atoms with Crippen LogP contribution in [0.15, 0.2) is 24.4 Å². The van der Waals surface area contributed by atoms with E-state index in [1.54, 1.807) is 6.20 Å². The molecule has 1 aliphatic heterocycles. The Balaban J connectivity index is 1.95. The molecule has 0 amide bonds. The normalized spacial score (nSPS) is 16.4. The number of pyridine rings is 1. The number of ether oxygens (including phenoxy) is 1. The molecule has 6 heteroatoms. The Labute approximate surface area is 135 Å². The van der Waals surface area contributed by atoms with E-state index in [0.717, 1.165) is 49.9 Å². The van der Waals surface area contributed by atoms with Crippen molar-refractivity contribution in [2.75, 3.05) is 26.3 Å². The van der Waals surface area contributed by atoms with Crippen molar-refractivity contribution in [2.24, 2.45) is 0 Å². The van der Waals surface area contributed by atoms with Crippen LogP contribution in [-0.2, 0) is 11.3 Å². The Morgan fingerprint density at radius 2 is 2.05 bits per heavy atom. The summed E-state index contributed by atoms with van der Waals surface area (Å²) in [5.74, 6) is 0. The Bertz CT molecular complexity index is 621. The minimum atomic E-state index is 0.256. The molecule has 0 atom stereocenters. The van der Waals surface area contributed by atoms with Crippen LogP contribution in [0.1, 0.15) is 25.6 Å². The van der Waals surface area contributed by atoms with Gasteiger partial charge in [0, 0.05) is 31.9 Å². The van der Waals surface area contributed by atoms with Crippen LogP contribution in [0.3, 0.4) is 0 Å². The van der Waals surface area contributed by atoms with Crippen LogP contribution in [0.25, 0.3) is 11.4 Å². The van der Waals surface area contributed by atoms with Crippen LogP contribution in [0, 0.1) is 0 Å². The third-order valence-electron chi connectivity index (χ3n) is 3.82. The summed E-state index contributed by atoms with van der Waals surface area (Å²) < 4.78 is 7.43. The monoisotopic (exact) mass is 320 g/mol. The molecule has 0 aromatic carbocycles. The van der Waals surface area contributed by atoms with Gasteiger partial charge in [0.1, 0.15) is 5.69 Å². The molecule has 0 spiro atoms. The Morgan fingerprint density at radius 1 is 1.27 bits per heavy atom. The largest absolute Gasteiger partial charge is 0.379 e. The maximum absolute atomic E-state index is 6.65. The fourth-order valence-corrected chi connectivity index (χ4v) is 2.94. The number of halogens is 1. The smallest absolute Gasteiger partial charge is 0.130 e. The molecule has 0 saturated carbocycles. The van der Waals surface area contributed by atoms with Crippen molar-refractivity contribution in [3.63, 3.8) is 0 Å². The summed E-state index contributed by atoms with van der Waals surface area (Å²) in [6, 6.07) is 6.04. The molecular weight excluding hydrogens is 300 g/mol. The van der Waals surface area contributed by atoms with Crippen LogP contribution >= 0.6 is 11.6 Å². The van der Waals surface area contributed by atoms with Crippen molar-refractivity contribution in [2.45, 2.75) is 26.4 Å². The molecule has 0 radical (unpaired) electrons. The second-order valence-corrected chi connectivity index (χ2v) is 6.13. The van der Waals surface area contributed by atoms with Gasteiger partial charge in [-0.3, -0.25) is 14.6 Å². The van der Waals surface area contributed by atoms with Crippen molar-refractivity contribution in [1.82, 2.24) is 19.7 Å². The Kier molecular flexibility index (Phi) is 4.76. The van der Waals surface area contributed by atoms with Gasteiger partial charge >= 0.3 is 0 Å². The molecule has 22 heavy (non-hydrogen) atoms. The van der Waals surface area contributed by atoms with E-state index in [4.69, 9.17) is 21.4 Å². The van der Waals surface area contributed by atoms with Crippen molar-refractivity contribution >= 4 is 11.6 Å². The van der Waals surface area contributed by atoms with Gasteiger partial charge in [-0.05, 0) is 26.0 Å². The lowest BCUT2D eigenvalue weighted by Crippen LogP contribution is -2.36. The standard InChI is InChI=1S/C16H21ClN4O/c1-12(2)21-14(11-20-7-9-22-10-8-20)15(17)16(19-21)13-5-3-4-6-18-13/h3-6,12H,7-11H2,1-2H3. The predicted octanol–water partition coefficient (Wildman–Crippen LogP) is 3.01. The zero-order chi connectivity index (χ0) is 15.5. The van der Waals surface area contributed by atoms with E-state index in [-0.39, 0.29) is 6.04 Å². The molecule has 0 unspecified atom stereocenters. The van der Waals surface area contributed by atoms with E-state index in [0.29, 0.717) is 5.02 Å². The number of nitrogens with zero attached hydrogens (tertiary/aromatic N) is 4. The highest BCUT2D eigenvalue weighted by atomic mass is 35.5. The molecular formula is C16H21ClN4O. The molecule has 1 saturated heterocycles. The Morgan fingerprint density at radius 3 is 2.68 bits per heavy atom. The highest BCUT2D eigenvalue weighted by Crippen LogP contribution is 2.31. The zero-order valence-electron chi connectivity index (χ0n) is 13.0. The average Bonchev–Trinajstić information content (AvgIpc) is 2.87. The number of morpholine rings is 1. The van der Waals surface area contributed by atoms with Gasteiger partial charge in [0.05, 0.1) is 29.6 Å². The number of aromatic nitrogens is 3. The van der Waals surface area contributed by atoms with Crippen LogP contribution < -0.4 is 0 Å². The summed E-state index contributed by atoms with van der Waals surface area (Å²) in [5, 5.41) is 5.42. The van der Waals surface area contributed by atoms with E-state index >= 15 is 0 Å². The van der Waals surface area contributed by atoms with Gasteiger partial charge < -0.3 is 4.74 Å². The molecule has 1 fully saturated rings. The summed E-state index contributed by atoms with van der Waals surface area (Å²) in [7, 11) is 0. The maximum atomic E-state index is 6.65. The Hall–Kier alpha value is -1.43. The molecule has 3 rings (SSSR count). The first-order chi connectivity index (χ1) is 10.7. The van der Waals surface area contributed by atoms with E-state index in [9.17, 15) is 0 Å². The topological polar surface area (TPSA) is 43.2 Å². The van der Waals surface area contributed by atoms with Gasteiger partial charge in [0.15, 0.2) is 0 Å². The van der Waals surface area contributed by atoms with Gasteiger partial charge in [-0.15, -0.1) is 0 Å². The van der Waals surface area contributed by atoms with Crippen molar-refractivity contribution < 1.29 is 4.74 Å². The van der Waals surface area contributed by atoms with Crippen molar-refractivity contribution in [3.05, 3.63) is 35.1 Å². The summed E-state index contributed by atoms with van der Waals surface area (Å²) in [6.07, 6.45) is 1.77. The van der Waals surface area contributed by atoms with E-state index in [1.807, 2.05) is 22.9 Å². The second kappa shape index (κ2) is 6.77. The molecule has 118 valence electrons. The maximum Gasteiger partial charge on any atom is 0.130 e. The fraction of sp³-hybridized carbons (Fsp3) is 0.500. The molecule has 0 aliphatic carbocycles. The van der Waals surface area contributed by atoms with E-state index < -0.39 is 0 Å². The van der Waals surface area contributed by atoms with Gasteiger partial charge in [-0.1, -0.05) is 17.7 Å². The number of hydrogen-bond donors (Lipinski definition) is 0. The van der Waals surface area contributed by atoms with Gasteiger partial charge in [-0.25, -0.2) is 0 Å². The summed E-state index contributed by atoms with van der Waals surface area (Å²) in [4.78, 5) is 6.73. The van der Waals surface area contributed by atoms with Gasteiger partial charge in [-0.2, -0.15) is 5.10 Å². The molecule has 1 aliphatic rings. The minimum Gasteiger partial charge on any atom is -0.379 e. The molecule has 2 aromatic rings. The number of rotatable bonds is 4. The second-order valence-electron chi connectivity index (χ2n) is 5.75. The van der Waals surface area contributed by atoms with Gasteiger partial charge in [0.25, 0.3) is 0 Å². The van der Waals surface area contributed by atoms with E-state index in [2.05, 4.69) is 23.7 Å². The molecule has 0 bridgehead atoms. The predicted molar refractivity (Wildman–Crippen MR) is 86.9 cm³/mol. The van der Waals surface area contributed by atoms with Crippen molar-refractivity contribution in [1.29, 1.82) is 0 Å². The van der Waals surface area contributed by atoms with Gasteiger partial charge in [0.2, 0.25) is 0 Å². The van der Waals surface area contributed by atoms with Crippen LogP contribution in [-0.4, -0.2) is 46.0 Å². The SMILES string of the molecule is CC(C)n1nc(-c2ccccn2)c(Cl)c1CN1CCOCC1. The summed E-state index contributed by atoms with van der Waals surface area (Å²) in [6.45, 7) is 8.45. The molecule has 0 N–H and O–H groups in total. The molecule has 2 aromatic heterocycles. The summed E-state index contributed by atoms with van der Waals surface area (Å²) in [5.41, 5.74) is 2.63. The first-order valence-electron chi connectivity index (χ1n) is 7.65. The highest BCUT2D eigenvalue weighted by molar-refractivity contribution is 6.33. The van der Waals surface area contributed by atoms with Crippen molar-refractivity contribution in [3.8, 4) is 11.4 Å². The molecule has 5 nitrogen and oxygen atoms in total. The minimum absolute atomic E-state index is 0.256. The third-order valence-corrected chi connectivity index (χ3v) is 4.22. The zero-order valence-corrected chi connectivity index (χ0v) is 13.8. The lowest BCUT2D eigenvalue weighted by molar-refractivity contribution is 0.0329. The van der Waals surface area contributed by atoms with E-state index in [1.165, 1.54) is 0 Å². The van der Waals surface area contributed by atoms with Crippen LogP contribution in [0.5, 0.6) is 0 Å². The highest BCUT2D eigenvalue weighted by Gasteiger charge is 2.22. The first kappa shape index (κ1) is 15.5. The lowest BCUT2D eigenvalue weighted by atomic mass is 10.2. The molecule has 3 heterocycles. The first-order valence-corrected chi connectivity index (χ1v) is 8.03. The average molecular weight is 321 g/mol. The third kappa shape index (κ3) is 3.16. The number of hydrogen-bond acceptors (Lipinski definition) is 4. The van der Waals surface area contributed by atoms with Crippen LogP contribution in [0.2, 0.25) is 5.02 Å². The lowest BCUT2D eigenvalue weighted by Gasteiger charge is -2.27. The summed E-state index contributed by atoms with van der Waals surface area (Å²) >= 11 is 6.65.